The molecule has 0 atom stereocenters. The first-order valence-corrected chi connectivity index (χ1v) is 12.6. The number of benzene rings is 3. The third-order valence-corrected chi connectivity index (χ3v) is 6.63. The molecular weight excluding hydrogens is 474 g/mol. The fourth-order valence-electron chi connectivity index (χ4n) is 3.84. The molecule has 182 valence electrons. The number of aromatic nitrogens is 2. The van der Waals surface area contributed by atoms with E-state index in [2.05, 4.69) is 5.32 Å². The van der Waals surface area contributed by atoms with Crippen LogP contribution in [0.4, 0.5) is 5.69 Å². The van der Waals surface area contributed by atoms with E-state index in [4.69, 9.17) is 24.2 Å². The highest BCUT2D eigenvalue weighted by Gasteiger charge is 2.24. The quantitative estimate of drug-likeness (QED) is 0.208. The Morgan fingerprint density at radius 3 is 2.50 bits per heavy atom. The maximum atomic E-state index is 12.7. The number of para-hydroxylation sites is 1. The van der Waals surface area contributed by atoms with Crippen LogP contribution in [0.1, 0.15) is 18.1 Å². The van der Waals surface area contributed by atoms with E-state index in [9.17, 15) is 4.79 Å². The maximum absolute atomic E-state index is 12.7. The van der Waals surface area contributed by atoms with E-state index < -0.39 is 0 Å². The predicted molar refractivity (Wildman–Crippen MR) is 140 cm³/mol. The monoisotopic (exact) mass is 499 g/mol. The van der Waals surface area contributed by atoms with Crippen molar-refractivity contribution >= 4 is 23.4 Å². The predicted octanol–water partition coefficient (Wildman–Crippen LogP) is 5.98. The van der Waals surface area contributed by atoms with Crippen LogP contribution in [-0.2, 0) is 11.2 Å². The van der Waals surface area contributed by atoms with Gasteiger partial charge < -0.3 is 19.5 Å². The lowest BCUT2D eigenvalue weighted by molar-refractivity contribution is -0.113. The Hall–Kier alpha value is -4.04. The number of thioether (sulfide) groups is 1. The van der Waals surface area contributed by atoms with Gasteiger partial charge in [-0.25, -0.2) is 4.98 Å². The second-order valence-corrected chi connectivity index (χ2v) is 9.01. The van der Waals surface area contributed by atoms with Gasteiger partial charge in [0.2, 0.25) is 11.8 Å². The topological polar surface area (TPSA) is 82.6 Å². The standard InChI is InChI=1S/C28H25N3O4S/c1-3-34-22-12-8-18(9-13-22)26-30-27-23(16-19-6-4-5-7-24(19)35-27)28(31-26)36-17-25(32)29-20-10-14-21(33-2)15-11-20/h4-15H,3,16-17H2,1-2H3,(H,29,32). The van der Waals surface area contributed by atoms with Crippen molar-refractivity contribution in [3.05, 3.63) is 83.9 Å². The van der Waals surface area contributed by atoms with Gasteiger partial charge in [-0.05, 0) is 67.1 Å². The number of ether oxygens (including phenoxy) is 3. The molecule has 36 heavy (non-hydrogen) atoms. The number of hydrogen-bond acceptors (Lipinski definition) is 7. The second-order valence-electron chi connectivity index (χ2n) is 8.05. The van der Waals surface area contributed by atoms with Gasteiger partial charge >= 0.3 is 0 Å². The largest absolute Gasteiger partial charge is 0.497 e. The molecule has 0 spiro atoms. The molecule has 3 aromatic carbocycles. The zero-order valence-electron chi connectivity index (χ0n) is 20.0. The van der Waals surface area contributed by atoms with Crippen LogP contribution < -0.4 is 19.5 Å². The minimum atomic E-state index is -0.128. The van der Waals surface area contributed by atoms with Crippen LogP contribution in [0.2, 0.25) is 0 Å². The lowest BCUT2D eigenvalue weighted by atomic mass is 10.0. The third-order valence-electron chi connectivity index (χ3n) is 5.61. The summed E-state index contributed by atoms with van der Waals surface area (Å²) in [6, 6.07) is 22.8. The van der Waals surface area contributed by atoms with E-state index in [1.807, 2.05) is 67.6 Å². The first-order valence-electron chi connectivity index (χ1n) is 11.6. The van der Waals surface area contributed by atoms with Crippen LogP contribution in [0.5, 0.6) is 23.1 Å². The highest BCUT2D eigenvalue weighted by Crippen LogP contribution is 2.40. The summed E-state index contributed by atoms with van der Waals surface area (Å²) in [6.07, 6.45) is 0.636. The summed E-state index contributed by atoms with van der Waals surface area (Å²) >= 11 is 1.37. The average Bonchev–Trinajstić information content (AvgIpc) is 2.91. The minimum Gasteiger partial charge on any atom is -0.497 e. The van der Waals surface area contributed by atoms with Crippen LogP contribution in [0, 0.1) is 0 Å². The number of nitrogens with zero attached hydrogens (tertiary/aromatic N) is 2. The molecule has 0 aliphatic carbocycles. The second kappa shape index (κ2) is 10.7. The van der Waals surface area contributed by atoms with E-state index in [1.165, 1.54) is 11.8 Å². The van der Waals surface area contributed by atoms with Crippen molar-refractivity contribution in [2.45, 2.75) is 18.4 Å². The molecule has 0 unspecified atom stereocenters. The molecule has 0 saturated heterocycles. The van der Waals surface area contributed by atoms with Gasteiger partial charge in [0.05, 0.1) is 25.0 Å². The van der Waals surface area contributed by atoms with E-state index in [-0.39, 0.29) is 11.7 Å². The molecule has 0 saturated carbocycles. The Bertz CT molecular complexity index is 1370. The number of nitrogens with one attached hydrogen (secondary N) is 1. The molecule has 7 nitrogen and oxygen atoms in total. The normalized spacial score (nSPS) is 11.6. The molecule has 5 rings (SSSR count). The maximum Gasteiger partial charge on any atom is 0.234 e. The number of carbonyl (C=O) groups excluding carboxylic acids is 1. The van der Waals surface area contributed by atoms with Gasteiger partial charge in [-0.3, -0.25) is 4.79 Å². The summed E-state index contributed by atoms with van der Waals surface area (Å²) in [4.78, 5) is 22.3. The summed E-state index contributed by atoms with van der Waals surface area (Å²) in [5.41, 5.74) is 3.49. The lowest BCUT2D eigenvalue weighted by Gasteiger charge is -2.21. The van der Waals surface area contributed by atoms with E-state index in [0.29, 0.717) is 30.4 Å². The lowest BCUT2D eigenvalue weighted by Crippen LogP contribution is -2.15. The number of amides is 1. The number of rotatable bonds is 8. The molecule has 2 heterocycles. The van der Waals surface area contributed by atoms with Crippen molar-refractivity contribution in [2.75, 3.05) is 24.8 Å². The van der Waals surface area contributed by atoms with Crippen LogP contribution in [0.3, 0.4) is 0 Å². The van der Waals surface area contributed by atoms with Crippen molar-refractivity contribution in [3.63, 3.8) is 0 Å². The van der Waals surface area contributed by atoms with E-state index in [0.717, 1.165) is 39.0 Å². The first kappa shape index (κ1) is 23.7. The molecule has 8 heteroatoms. The fourth-order valence-corrected chi connectivity index (χ4v) is 4.67. The minimum absolute atomic E-state index is 0.128. The first-order chi connectivity index (χ1) is 17.6. The van der Waals surface area contributed by atoms with Crippen LogP contribution in [-0.4, -0.2) is 35.3 Å². The summed E-state index contributed by atoms with van der Waals surface area (Å²) in [7, 11) is 1.61. The fraction of sp³-hybridized carbons (Fsp3) is 0.179. The number of fused-ring (bicyclic) bond motifs is 2. The van der Waals surface area contributed by atoms with Crippen molar-refractivity contribution in [2.24, 2.45) is 0 Å². The van der Waals surface area contributed by atoms with Gasteiger partial charge in [0.25, 0.3) is 0 Å². The number of anilines is 1. The molecule has 4 aromatic rings. The van der Waals surface area contributed by atoms with Crippen LogP contribution in [0.25, 0.3) is 11.4 Å². The highest BCUT2D eigenvalue weighted by molar-refractivity contribution is 8.00. The Morgan fingerprint density at radius 1 is 1.00 bits per heavy atom. The molecule has 0 fully saturated rings. The summed E-state index contributed by atoms with van der Waals surface area (Å²) in [6.45, 7) is 2.55. The molecule has 1 aliphatic rings. The number of carbonyl (C=O) groups is 1. The van der Waals surface area contributed by atoms with E-state index in [1.54, 1.807) is 19.2 Å². The van der Waals surface area contributed by atoms with Gasteiger partial charge in [0.1, 0.15) is 22.3 Å². The number of hydrogen-bond donors (Lipinski definition) is 1. The average molecular weight is 500 g/mol. The summed E-state index contributed by atoms with van der Waals surface area (Å²) in [5.74, 6) is 3.43. The Labute approximate surface area is 213 Å². The Balaban J connectivity index is 1.40. The van der Waals surface area contributed by atoms with Crippen LogP contribution in [0.15, 0.2) is 77.8 Å². The smallest absolute Gasteiger partial charge is 0.234 e. The molecule has 1 amide bonds. The Morgan fingerprint density at radius 2 is 1.75 bits per heavy atom. The summed E-state index contributed by atoms with van der Waals surface area (Å²) < 4.78 is 16.9. The van der Waals surface area contributed by atoms with Crippen molar-refractivity contribution in [1.82, 2.24) is 9.97 Å². The third kappa shape index (κ3) is 5.28. The SMILES string of the molecule is CCOc1ccc(-c2nc3c(c(SCC(=O)Nc4ccc(OC)cc4)n2)Cc2ccccc2O3)cc1. The van der Waals surface area contributed by atoms with Gasteiger partial charge in [-0.2, -0.15) is 4.98 Å². The molecular formula is C28H25N3O4S. The Kier molecular flexibility index (Phi) is 7.04. The molecule has 1 aliphatic heterocycles. The molecule has 1 N–H and O–H groups in total. The van der Waals surface area contributed by atoms with Gasteiger partial charge in [-0.15, -0.1) is 0 Å². The van der Waals surface area contributed by atoms with E-state index >= 15 is 0 Å². The van der Waals surface area contributed by atoms with Gasteiger partial charge in [-0.1, -0.05) is 30.0 Å². The zero-order valence-corrected chi connectivity index (χ0v) is 20.8. The van der Waals surface area contributed by atoms with Crippen molar-refractivity contribution < 1.29 is 19.0 Å². The summed E-state index contributed by atoms with van der Waals surface area (Å²) in [5, 5.41) is 3.65. The molecule has 0 bridgehead atoms. The molecule has 1 aromatic heterocycles. The zero-order chi connectivity index (χ0) is 24.9. The van der Waals surface area contributed by atoms with Gasteiger partial charge in [0, 0.05) is 17.7 Å². The van der Waals surface area contributed by atoms with Crippen molar-refractivity contribution in [3.8, 4) is 34.5 Å². The van der Waals surface area contributed by atoms with Gasteiger partial charge in [0.15, 0.2) is 5.82 Å². The number of methoxy groups -OCH3 is 1. The highest BCUT2D eigenvalue weighted by atomic mass is 32.2. The van der Waals surface area contributed by atoms with Crippen LogP contribution >= 0.6 is 11.8 Å². The van der Waals surface area contributed by atoms with Crippen molar-refractivity contribution in [1.29, 1.82) is 0 Å². The molecule has 0 radical (unpaired) electrons.